The minimum absolute atomic E-state index is 0.0457. The summed E-state index contributed by atoms with van der Waals surface area (Å²) in [6.45, 7) is 3.98. The predicted molar refractivity (Wildman–Crippen MR) is 80.2 cm³/mol. The molecule has 1 aromatic carbocycles. The van der Waals surface area contributed by atoms with Crippen LogP contribution < -0.4 is 11.1 Å². The molecule has 0 radical (unpaired) electrons. The van der Waals surface area contributed by atoms with Gasteiger partial charge in [-0.15, -0.1) is 11.3 Å². The number of benzene rings is 1. The van der Waals surface area contributed by atoms with Crippen LogP contribution in [-0.4, -0.2) is 10.9 Å². The average molecular weight is 275 g/mol. The van der Waals surface area contributed by atoms with Crippen LogP contribution in [0.25, 0.3) is 11.3 Å². The number of nitrogens with one attached hydrogen (secondary N) is 1. The minimum atomic E-state index is 0.0457. The lowest BCUT2D eigenvalue weighted by molar-refractivity contribution is -0.116. The van der Waals surface area contributed by atoms with Crippen molar-refractivity contribution in [2.75, 3.05) is 11.1 Å². The zero-order chi connectivity index (χ0) is 13.8. The monoisotopic (exact) mass is 275 g/mol. The lowest BCUT2D eigenvalue weighted by Gasteiger charge is -2.05. The Morgan fingerprint density at radius 1 is 1.37 bits per heavy atom. The Morgan fingerprint density at radius 3 is 2.58 bits per heavy atom. The highest BCUT2D eigenvalue weighted by atomic mass is 32.1. The van der Waals surface area contributed by atoms with Gasteiger partial charge in [-0.2, -0.15) is 0 Å². The van der Waals surface area contributed by atoms with Crippen molar-refractivity contribution < 1.29 is 4.79 Å². The highest BCUT2D eigenvalue weighted by Gasteiger charge is 2.08. The molecule has 0 bridgehead atoms. The minimum Gasteiger partial charge on any atom is -0.375 e. The number of nitrogens with zero attached hydrogens (tertiary/aromatic N) is 1. The van der Waals surface area contributed by atoms with Gasteiger partial charge in [-0.05, 0) is 25.5 Å². The van der Waals surface area contributed by atoms with Crippen molar-refractivity contribution in [3.63, 3.8) is 0 Å². The second kappa shape index (κ2) is 5.84. The van der Waals surface area contributed by atoms with Crippen molar-refractivity contribution in [2.24, 2.45) is 0 Å². The van der Waals surface area contributed by atoms with Crippen molar-refractivity contribution >= 4 is 28.1 Å². The van der Waals surface area contributed by atoms with Gasteiger partial charge in [0.2, 0.25) is 5.91 Å². The Morgan fingerprint density at radius 2 is 2.05 bits per heavy atom. The molecule has 0 unspecified atom stereocenters. The molecule has 19 heavy (non-hydrogen) atoms. The molecule has 1 heterocycles. The van der Waals surface area contributed by atoms with Crippen molar-refractivity contribution in [1.29, 1.82) is 0 Å². The summed E-state index contributed by atoms with van der Waals surface area (Å²) >= 11 is 1.48. The zero-order valence-electron chi connectivity index (χ0n) is 11.1. The van der Waals surface area contributed by atoms with Crippen LogP contribution in [0.5, 0.6) is 0 Å². The molecule has 1 amide bonds. The topological polar surface area (TPSA) is 68.0 Å². The second-order valence-electron chi connectivity index (χ2n) is 4.33. The van der Waals surface area contributed by atoms with Crippen LogP contribution in [0.3, 0.4) is 0 Å². The van der Waals surface area contributed by atoms with Gasteiger partial charge in [0.15, 0.2) is 5.13 Å². The van der Waals surface area contributed by atoms with Crippen LogP contribution in [-0.2, 0) is 4.79 Å². The Bertz CT molecular complexity index is 575. The number of carbonyl (C=O) groups excluding carboxylic acids is 1. The number of hydrogen-bond donors (Lipinski definition) is 2. The molecule has 0 aliphatic heterocycles. The lowest BCUT2D eigenvalue weighted by Crippen LogP contribution is -2.10. The molecule has 0 spiro atoms. The molecule has 4 nitrogen and oxygen atoms in total. The van der Waals surface area contributed by atoms with E-state index in [9.17, 15) is 4.79 Å². The smallest absolute Gasteiger partial charge is 0.224 e. The third-order valence-electron chi connectivity index (χ3n) is 2.73. The number of nitrogens with two attached hydrogens (primary N) is 1. The predicted octanol–water partition coefficient (Wildman–Crippen LogP) is 3.44. The normalized spacial score (nSPS) is 10.4. The number of amides is 1. The number of aromatic nitrogens is 1. The molecule has 0 atom stereocenters. The summed E-state index contributed by atoms with van der Waals surface area (Å²) in [7, 11) is 0. The largest absolute Gasteiger partial charge is 0.375 e. The van der Waals surface area contributed by atoms with E-state index >= 15 is 0 Å². The molecule has 100 valence electrons. The van der Waals surface area contributed by atoms with Gasteiger partial charge in [0.25, 0.3) is 0 Å². The van der Waals surface area contributed by atoms with E-state index in [1.807, 2.05) is 38.1 Å². The summed E-state index contributed by atoms with van der Waals surface area (Å²) < 4.78 is 0. The van der Waals surface area contributed by atoms with Crippen LogP contribution in [0.4, 0.5) is 10.8 Å². The molecule has 5 heteroatoms. The zero-order valence-corrected chi connectivity index (χ0v) is 11.9. The number of carbonyl (C=O) groups is 1. The van der Waals surface area contributed by atoms with Gasteiger partial charge < -0.3 is 11.1 Å². The Labute approximate surface area is 116 Å². The second-order valence-corrected chi connectivity index (χ2v) is 5.57. The molecule has 1 aromatic heterocycles. The van der Waals surface area contributed by atoms with Crippen molar-refractivity contribution in [2.45, 2.75) is 26.7 Å². The SMILES string of the molecule is CCCC(=O)Nc1ccc(-c2nc(N)sc2C)cc1. The summed E-state index contributed by atoms with van der Waals surface area (Å²) in [4.78, 5) is 16.9. The first kappa shape index (κ1) is 13.5. The fourth-order valence-electron chi connectivity index (χ4n) is 1.85. The summed E-state index contributed by atoms with van der Waals surface area (Å²) in [6, 6.07) is 7.67. The molecule has 0 aliphatic rings. The molecule has 2 aromatic rings. The first-order valence-electron chi connectivity index (χ1n) is 6.23. The van der Waals surface area contributed by atoms with Gasteiger partial charge in [-0.25, -0.2) is 4.98 Å². The highest BCUT2D eigenvalue weighted by molar-refractivity contribution is 7.15. The standard InChI is InChI=1S/C14H17N3OS/c1-3-4-12(18)16-11-7-5-10(6-8-11)13-9(2)19-14(15)17-13/h5-8H,3-4H2,1-2H3,(H2,15,17)(H,16,18). The van der Waals surface area contributed by atoms with E-state index in [1.54, 1.807) is 0 Å². The fourth-order valence-corrected chi connectivity index (χ4v) is 2.56. The first-order valence-corrected chi connectivity index (χ1v) is 7.05. The third kappa shape index (κ3) is 3.32. The van der Waals surface area contributed by atoms with Crippen molar-refractivity contribution in [3.8, 4) is 11.3 Å². The van der Waals surface area contributed by atoms with Crippen LogP contribution in [0.15, 0.2) is 24.3 Å². The van der Waals surface area contributed by atoms with Gasteiger partial charge in [0.05, 0.1) is 5.69 Å². The van der Waals surface area contributed by atoms with E-state index in [4.69, 9.17) is 5.73 Å². The molecular weight excluding hydrogens is 258 g/mol. The molecular formula is C14H17N3OS. The maximum Gasteiger partial charge on any atom is 0.224 e. The summed E-state index contributed by atoms with van der Waals surface area (Å²) in [5.41, 5.74) is 8.43. The van der Waals surface area contributed by atoms with E-state index in [1.165, 1.54) is 11.3 Å². The Kier molecular flexibility index (Phi) is 4.16. The molecule has 0 fully saturated rings. The average Bonchev–Trinajstić information content (AvgIpc) is 2.70. The Balaban J connectivity index is 2.14. The van der Waals surface area contributed by atoms with Crippen LogP contribution in [0, 0.1) is 6.92 Å². The highest BCUT2D eigenvalue weighted by Crippen LogP contribution is 2.29. The molecule has 0 saturated heterocycles. The van der Waals surface area contributed by atoms with Crippen LogP contribution in [0.2, 0.25) is 0 Å². The molecule has 3 N–H and O–H groups in total. The number of hydrogen-bond acceptors (Lipinski definition) is 4. The van der Waals surface area contributed by atoms with Gasteiger partial charge in [0.1, 0.15) is 0 Å². The van der Waals surface area contributed by atoms with Gasteiger partial charge in [-0.1, -0.05) is 19.1 Å². The van der Waals surface area contributed by atoms with E-state index in [-0.39, 0.29) is 5.91 Å². The Hall–Kier alpha value is -1.88. The lowest BCUT2D eigenvalue weighted by atomic mass is 10.1. The van der Waals surface area contributed by atoms with E-state index < -0.39 is 0 Å². The van der Waals surface area contributed by atoms with Crippen LogP contribution in [0.1, 0.15) is 24.6 Å². The van der Waals surface area contributed by atoms with E-state index in [2.05, 4.69) is 10.3 Å². The number of anilines is 2. The summed E-state index contributed by atoms with van der Waals surface area (Å²) in [5.74, 6) is 0.0457. The molecule has 0 saturated carbocycles. The number of aryl methyl sites for hydroxylation is 1. The van der Waals surface area contributed by atoms with Gasteiger partial charge in [0, 0.05) is 22.5 Å². The van der Waals surface area contributed by atoms with E-state index in [0.29, 0.717) is 11.6 Å². The van der Waals surface area contributed by atoms with Gasteiger partial charge >= 0.3 is 0 Å². The first-order chi connectivity index (χ1) is 9.10. The van der Waals surface area contributed by atoms with E-state index in [0.717, 1.165) is 28.2 Å². The third-order valence-corrected chi connectivity index (χ3v) is 3.53. The van der Waals surface area contributed by atoms with Crippen molar-refractivity contribution in [3.05, 3.63) is 29.1 Å². The quantitative estimate of drug-likeness (QED) is 0.898. The van der Waals surface area contributed by atoms with Crippen LogP contribution >= 0.6 is 11.3 Å². The number of rotatable bonds is 4. The summed E-state index contributed by atoms with van der Waals surface area (Å²) in [5, 5.41) is 3.44. The molecule has 2 rings (SSSR count). The maximum atomic E-state index is 11.5. The molecule has 0 aliphatic carbocycles. The number of nitrogen functional groups attached to an aromatic ring is 1. The summed E-state index contributed by atoms with van der Waals surface area (Å²) in [6.07, 6.45) is 1.39. The maximum absolute atomic E-state index is 11.5. The fraction of sp³-hybridized carbons (Fsp3) is 0.286. The van der Waals surface area contributed by atoms with Crippen molar-refractivity contribution in [1.82, 2.24) is 4.98 Å². The van der Waals surface area contributed by atoms with Gasteiger partial charge in [-0.3, -0.25) is 4.79 Å². The number of thiazole rings is 1.